The highest BCUT2D eigenvalue weighted by molar-refractivity contribution is 6.44. The standard InChI is InChI=1S/C10H15Cl3O3/c1-5(8(11)4-9(12)13)3-7(6(2)14)10(15)16/h5,7-9H,3-4H2,1-2H3,(H,15,16)/p-1. The average Bonchev–Trinajstić information content (AvgIpc) is 2.11. The average molecular weight is 289 g/mol. The van der Waals surface area contributed by atoms with E-state index in [0.717, 1.165) is 0 Å². The molecule has 0 N–H and O–H groups in total. The van der Waals surface area contributed by atoms with Crippen LogP contribution in [0.2, 0.25) is 0 Å². The van der Waals surface area contributed by atoms with Gasteiger partial charge >= 0.3 is 0 Å². The molecule has 0 saturated heterocycles. The molecule has 0 aliphatic rings. The SMILES string of the molecule is CC(=O)C(CC(C)C(Cl)CC(Cl)Cl)C(=O)[O-]. The van der Waals surface area contributed by atoms with E-state index in [1.165, 1.54) is 6.92 Å². The summed E-state index contributed by atoms with van der Waals surface area (Å²) in [4.78, 5) is 21.1. The molecular formula is C10H14Cl3O3-. The van der Waals surface area contributed by atoms with Crippen LogP contribution in [0.5, 0.6) is 0 Å². The van der Waals surface area contributed by atoms with E-state index in [9.17, 15) is 14.7 Å². The largest absolute Gasteiger partial charge is 0.549 e. The molecule has 6 heteroatoms. The lowest BCUT2D eigenvalue weighted by atomic mass is 9.90. The summed E-state index contributed by atoms with van der Waals surface area (Å²) in [5.41, 5.74) is 0. The fraction of sp³-hybridized carbons (Fsp3) is 0.800. The number of carboxylic acids is 1. The van der Waals surface area contributed by atoms with Gasteiger partial charge in [-0.3, -0.25) is 4.79 Å². The van der Waals surface area contributed by atoms with Crippen LogP contribution in [0.1, 0.15) is 26.7 Å². The van der Waals surface area contributed by atoms with E-state index >= 15 is 0 Å². The fourth-order valence-electron chi connectivity index (χ4n) is 1.35. The van der Waals surface area contributed by atoms with Gasteiger partial charge in [-0.1, -0.05) is 6.92 Å². The van der Waals surface area contributed by atoms with Crippen molar-refractivity contribution in [3.8, 4) is 0 Å². The van der Waals surface area contributed by atoms with Gasteiger partial charge < -0.3 is 9.90 Å². The van der Waals surface area contributed by atoms with Crippen molar-refractivity contribution >= 4 is 46.6 Å². The van der Waals surface area contributed by atoms with E-state index in [4.69, 9.17) is 34.8 Å². The number of carboxylic acid groups (broad SMARTS) is 1. The summed E-state index contributed by atoms with van der Waals surface area (Å²) < 4.78 is 0. The summed E-state index contributed by atoms with van der Waals surface area (Å²) in [5.74, 6) is -3.07. The van der Waals surface area contributed by atoms with Gasteiger partial charge in [0.25, 0.3) is 0 Å². The molecule has 0 rings (SSSR count). The highest BCUT2D eigenvalue weighted by Gasteiger charge is 2.24. The molecule has 0 aliphatic heterocycles. The van der Waals surface area contributed by atoms with Crippen LogP contribution >= 0.6 is 34.8 Å². The molecule has 0 aromatic rings. The Balaban J connectivity index is 4.34. The van der Waals surface area contributed by atoms with Crippen molar-refractivity contribution < 1.29 is 14.7 Å². The van der Waals surface area contributed by atoms with Crippen molar-refractivity contribution in [3.63, 3.8) is 0 Å². The Kier molecular flexibility index (Phi) is 7.36. The number of Topliss-reactive ketones (excluding diaryl/α,β-unsaturated/α-hetero) is 1. The van der Waals surface area contributed by atoms with E-state index in [2.05, 4.69) is 0 Å². The predicted molar refractivity (Wildman–Crippen MR) is 62.7 cm³/mol. The molecule has 0 saturated carbocycles. The second kappa shape index (κ2) is 7.36. The Morgan fingerprint density at radius 2 is 1.69 bits per heavy atom. The third-order valence-corrected chi connectivity index (χ3v) is 3.37. The number of rotatable bonds is 7. The minimum atomic E-state index is -1.36. The number of hydrogen-bond donors (Lipinski definition) is 0. The van der Waals surface area contributed by atoms with Crippen LogP contribution in [0.3, 0.4) is 0 Å². The molecule has 0 radical (unpaired) electrons. The Bertz CT molecular complexity index is 242. The number of carbonyl (C=O) groups is 2. The minimum absolute atomic E-state index is 0.145. The zero-order chi connectivity index (χ0) is 12.9. The maximum atomic E-state index is 11.0. The molecule has 0 aromatic heterocycles. The van der Waals surface area contributed by atoms with Crippen LogP contribution in [0.25, 0.3) is 0 Å². The van der Waals surface area contributed by atoms with Crippen LogP contribution in [-0.2, 0) is 9.59 Å². The second-order valence-electron chi connectivity index (χ2n) is 3.84. The summed E-state index contributed by atoms with van der Waals surface area (Å²) in [6, 6.07) is 0. The highest BCUT2D eigenvalue weighted by Crippen LogP contribution is 2.26. The van der Waals surface area contributed by atoms with Gasteiger partial charge in [-0.15, -0.1) is 34.8 Å². The number of halogens is 3. The third kappa shape index (κ3) is 5.92. The van der Waals surface area contributed by atoms with Gasteiger partial charge in [0.1, 0.15) is 10.6 Å². The number of alkyl halides is 3. The maximum Gasteiger partial charge on any atom is 0.138 e. The molecule has 0 bridgehead atoms. The van der Waals surface area contributed by atoms with Crippen molar-refractivity contribution in [1.82, 2.24) is 0 Å². The lowest BCUT2D eigenvalue weighted by Crippen LogP contribution is -2.37. The molecule has 3 atom stereocenters. The zero-order valence-electron chi connectivity index (χ0n) is 9.08. The molecule has 0 spiro atoms. The van der Waals surface area contributed by atoms with Gasteiger partial charge in [0.05, 0.1) is 11.9 Å². The Labute approximate surface area is 110 Å². The van der Waals surface area contributed by atoms with Crippen molar-refractivity contribution in [1.29, 1.82) is 0 Å². The second-order valence-corrected chi connectivity index (χ2v) is 5.68. The zero-order valence-corrected chi connectivity index (χ0v) is 11.4. The van der Waals surface area contributed by atoms with Gasteiger partial charge in [0.2, 0.25) is 0 Å². The monoisotopic (exact) mass is 287 g/mol. The van der Waals surface area contributed by atoms with E-state index in [0.29, 0.717) is 6.42 Å². The maximum absolute atomic E-state index is 11.0. The topological polar surface area (TPSA) is 57.2 Å². The first-order valence-electron chi connectivity index (χ1n) is 4.89. The van der Waals surface area contributed by atoms with Gasteiger partial charge in [0.15, 0.2) is 0 Å². The molecular weight excluding hydrogens is 274 g/mol. The molecule has 0 fully saturated rings. The Morgan fingerprint density at radius 1 is 1.19 bits per heavy atom. The summed E-state index contributed by atoms with van der Waals surface area (Å²) in [6.07, 6.45) is 0.496. The molecule has 0 aromatic carbocycles. The summed E-state index contributed by atoms with van der Waals surface area (Å²) in [6.45, 7) is 2.98. The minimum Gasteiger partial charge on any atom is -0.549 e. The van der Waals surface area contributed by atoms with E-state index in [-0.39, 0.29) is 17.7 Å². The van der Waals surface area contributed by atoms with Gasteiger partial charge in [0, 0.05) is 5.38 Å². The fourth-order valence-corrected chi connectivity index (χ4v) is 2.20. The number of carbonyl (C=O) groups excluding carboxylic acids is 2. The van der Waals surface area contributed by atoms with Crippen LogP contribution in [0, 0.1) is 11.8 Å². The first-order chi connectivity index (χ1) is 7.25. The van der Waals surface area contributed by atoms with Crippen LogP contribution in [0.15, 0.2) is 0 Å². The first-order valence-corrected chi connectivity index (χ1v) is 6.20. The normalized spacial score (nSPS) is 16.9. The van der Waals surface area contributed by atoms with E-state index in [1.807, 2.05) is 0 Å². The molecule has 3 unspecified atom stereocenters. The highest BCUT2D eigenvalue weighted by atomic mass is 35.5. The lowest BCUT2D eigenvalue weighted by Gasteiger charge is -2.23. The number of ketones is 1. The first kappa shape index (κ1) is 16.0. The van der Waals surface area contributed by atoms with Crippen molar-refractivity contribution in [2.45, 2.75) is 36.9 Å². The van der Waals surface area contributed by atoms with Crippen molar-refractivity contribution in [2.75, 3.05) is 0 Å². The Hall–Kier alpha value is 0.01000. The van der Waals surface area contributed by atoms with Gasteiger partial charge in [-0.25, -0.2) is 0 Å². The molecule has 0 heterocycles. The molecule has 0 amide bonds. The molecule has 94 valence electrons. The predicted octanol–water partition coefficient (Wildman–Crippen LogP) is 1.77. The van der Waals surface area contributed by atoms with Crippen molar-refractivity contribution in [3.05, 3.63) is 0 Å². The smallest absolute Gasteiger partial charge is 0.138 e. The van der Waals surface area contributed by atoms with Crippen molar-refractivity contribution in [2.24, 2.45) is 11.8 Å². The molecule has 0 aliphatic carbocycles. The summed E-state index contributed by atoms with van der Waals surface area (Å²) in [7, 11) is 0. The number of aliphatic carboxylic acids is 1. The Morgan fingerprint density at radius 3 is 2.00 bits per heavy atom. The number of hydrogen-bond acceptors (Lipinski definition) is 3. The summed E-state index contributed by atoms with van der Waals surface area (Å²) in [5, 5.41) is 10.3. The molecule has 3 nitrogen and oxygen atoms in total. The van der Waals surface area contributed by atoms with Crippen LogP contribution < -0.4 is 5.11 Å². The van der Waals surface area contributed by atoms with E-state index in [1.54, 1.807) is 6.92 Å². The quantitative estimate of drug-likeness (QED) is 0.530. The summed E-state index contributed by atoms with van der Waals surface area (Å²) >= 11 is 17.1. The lowest BCUT2D eigenvalue weighted by molar-refractivity contribution is -0.310. The third-order valence-electron chi connectivity index (χ3n) is 2.40. The van der Waals surface area contributed by atoms with Crippen LogP contribution in [-0.4, -0.2) is 22.0 Å². The van der Waals surface area contributed by atoms with E-state index < -0.39 is 22.5 Å². The van der Waals surface area contributed by atoms with Crippen LogP contribution in [0.4, 0.5) is 0 Å². The molecule has 16 heavy (non-hydrogen) atoms. The van der Waals surface area contributed by atoms with Gasteiger partial charge in [-0.05, 0) is 25.7 Å². The van der Waals surface area contributed by atoms with Gasteiger partial charge in [-0.2, -0.15) is 0 Å².